The molecule has 1 unspecified atom stereocenters. The van der Waals surface area contributed by atoms with Crippen molar-refractivity contribution in [2.24, 2.45) is 11.8 Å². The van der Waals surface area contributed by atoms with Gasteiger partial charge in [0.15, 0.2) is 17.5 Å². The standard InChI is InChI=1S/C16H20F2N2O2/c1-3-20-8-11(9-22-2)12(15(21)16(20)19)6-10-4-5-13(17)14(18)7-10/h4-5,7,11-12,19H,3,6,8-9H2,1-2H3/t11-,12?/m1/s1. The number of halogens is 2. The lowest BCUT2D eigenvalue weighted by Gasteiger charge is -2.38. The number of hydrogen-bond acceptors (Lipinski definition) is 3. The van der Waals surface area contributed by atoms with Crippen molar-refractivity contribution in [3.8, 4) is 0 Å². The van der Waals surface area contributed by atoms with Crippen molar-refractivity contribution in [2.75, 3.05) is 26.8 Å². The van der Waals surface area contributed by atoms with Gasteiger partial charge in [-0.3, -0.25) is 10.2 Å². The van der Waals surface area contributed by atoms with Crippen LogP contribution in [0, 0.1) is 28.9 Å². The average Bonchev–Trinajstić information content (AvgIpc) is 2.50. The Hall–Kier alpha value is -1.82. The zero-order valence-corrected chi connectivity index (χ0v) is 12.7. The molecule has 1 aromatic carbocycles. The molecule has 0 aliphatic carbocycles. The number of piperidine rings is 1. The number of likely N-dealkylation sites (N-methyl/N-ethyl adjacent to an activating group) is 1. The second-order valence-electron chi connectivity index (χ2n) is 5.53. The molecule has 2 rings (SSSR count). The molecule has 1 aliphatic heterocycles. The lowest BCUT2D eigenvalue weighted by Crippen LogP contribution is -2.52. The summed E-state index contributed by atoms with van der Waals surface area (Å²) >= 11 is 0. The van der Waals surface area contributed by atoms with Gasteiger partial charge in [-0.25, -0.2) is 8.78 Å². The molecule has 0 aromatic heterocycles. The molecule has 120 valence electrons. The number of rotatable bonds is 5. The summed E-state index contributed by atoms with van der Waals surface area (Å²) < 4.78 is 31.5. The molecule has 1 fully saturated rings. The zero-order valence-electron chi connectivity index (χ0n) is 12.7. The molecule has 6 heteroatoms. The second-order valence-corrected chi connectivity index (χ2v) is 5.53. The first-order valence-corrected chi connectivity index (χ1v) is 7.28. The molecule has 4 nitrogen and oxygen atoms in total. The highest BCUT2D eigenvalue weighted by Gasteiger charge is 2.38. The SMILES string of the molecule is CCN1C[C@H](COC)C(Cc2ccc(F)c(F)c2)C(=O)C1=N. The van der Waals surface area contributed by atoms with Crippen LogP contribution in [0.5, 0.6) is 0 Å². The maximum absolute atomic E-state index is 13.3. The third-order valence-electron chi connectivity index (χ3n) is 4.11. The van der Waals surface area contributed by atoms with Crippen molar-refractivity contribution in [1.29, 1.82) is 5.41 Å². The van der Waals surface area contributed by atoms with Crippen LogP contribution in [0.25, 0.3) is 0 Å². The maximum atomic E-state index is 13.3. The first-order valence-electron chi connectivity index (χ1n) is 7.28. The number of carbonyl (C=O) groups is 1. The normalized spacial score (nSPS) is 22.3. The van der Waals surface area contributed by atoms with Crippen molar-refractivity contribution < 1.29 is 18.3 Å². The number of ether oxygens (including phenoxy) is 1. The van der Waals surface area contributed by atoms with Gasteiger partial charge >= 0.3 is 0 Å². The summed E-state index contributed by atoms with van der Waals surface area (Å²) in [5.74, 6) is -2.62. The molecule has 2 atom stereocenters. The number of Topliss-reactive ketones (excluding diaryl/α,β-unsaturated/α-hetero) is 1. The van der Waals surface area contributed by atoms with Crippen LogP contribution in [0.4, 0.5) is 8.78 Å². The van der Waals surface area contributed by atoms with Gasteiger partial charge in [0.1, 0.15) is 0 Å². The van der Waals surface area contributed by atoms with Gasteiger partial charge in [0, 0.05) is 32.0 Å². The quantitative estimate of drug-likeness (QED) is 0.907. The van der Waals surface area contributed by atoms with Crippen LogP contribution in [0.1, 0.15) is 12.5 Å². The van der Waals surface area contributed by atoms with Crippen molar-refractivity contribution in [1.82, 2.24) is 4.90 Å². The van der Waals surface area contributed by atoms with E-state index in [9.17, 15) is 13.6 Å². The lowest BCUT2D eigenvalue weighted by atomic mass is 9.80. The van der Waals surface area contributed by atoms with Crippen molar-refractivity contribution >= 4 is 11.6 Å². The largest absolute Gasteiger partial charge is 0.384 e. The zero-order chi connectivity index (χ0) is 16.3. The summed E-state index contributed by atoms with van der Waals surface area (Å²) in [7, 11) is 1.56. The van der Waals surface area contributed by atoms with E-state index in [0.717, 1.165) is 12.1 Å². The number of nitrogens with one attached hydrogen (secondary N) is 1. The fourth-order valence-electron chi connectivity index (χ4n) is 2.90. The van der Waals surface area contributed by atoms with Gasteiger partial charge in [0.25, 0.3) is 0 Å². The summed E-state index contributed by atoms with van der Waals surface area (Å²) in [4.78, 5) is 14.2. The first-order chi connectivity index (χ1) is 10.5. The van der Waals surface area contributed by atoms with Crippen LogP contribution in [0.3, 0.4) is 0 Å². The van der Waals surface area contributed by atoms with E-state index in [1.54, 1.807) is 12.0 Å². The molecular formula is C16H20F2N2O2. The van der Waals surface area contributed by atoms with Crippen LogP contribution in [-0.4, -0.2) is 43.3 Å². The number of ketones is 1. The Labute approximate surface area is 128 Å². The Bertz CT molecular complexity index is 577. The molecule has 0 spiro atoms. The van der Waals surface area contributed by atoms with Gasteiger partial charge in [-0.1, -0.05) is 6.07 Å². The minimum Gasteiger partial charge on any atom is -0.384 e. The smallest absolute Gasteiger partial charge is 0.201 e. The summed E-state index contributed by atoms with van der Waals surface area (Å²) in [6, 6.07) is 3.65. The van der Waals surface area contributed by atoms with Gasteiger partial charge in [-0.2, -0.15) is 0 Å². The summed E-state index contributed by atoms with van der Waals surface area (Å²) in [5, 5.41) is 7.95. The fraction of sp³-hybridized carbons (Fsp3) is 0.500. The Balaban J connectivity index is 2.23. The number of methoxy groups -OCH3 is 1. The Morgan fingerprint density at radius 3 is 2.68 bits per heavy atom. The van der Waals surface area contributed by atoms with Crippen LogP contribution >= 0.6 is 0 Å². The van der Waals surface area contributed by atoms with E-state index in [1.165, 1.54) is 6.07 Å². The van der Waals surface area contributed by atoms with Crippen LogP contribution in [0.2, 0.25) is 0 Å². The molecule has 1 N–H and O–H groups in total. The molecule has 1 aliphatic rings. The van der Waals surface area contributed by atoms with Gasteiger partial charge in [-0.15, -0.1) is 0 Å². The molecule has 0 saturated carbocycles. The number of likely N-dealkylation sites (tertiary alicyclic amines) is 1. The molecular weight excluding hydrogens is 290 g/mol. The molecule has 1 saturated heterocycles. The lowest BCUT2D eigenvalue weighted by molar-refractivity contribution is -0.121. The average molecular weight is 310 g/mol. The molecule has 0 bridgehead atoms. The maximum Gasteiger partial charge on any atom is 0.201 e. The predicted molar refractivity (Wildman–Crippen MR) is 78.9 cm³/mol. The van der Waals surface area contributed by atoms with Crippen LogP contribution < -0.4 is 0 Å². The van der Waals surface area contributed by atoms with E-state index < -0.39 is 17.6 Å². The Kier molecular flexibility index (Phi) is 5.24. The van der Waals surface area contributed by atoms with Crippen molar-refractivity contribution in [3.05, 3.63) is 35.4 Å². The van der Waals surface area contributed by atoms with Crippen LogP contribution in [-0.2, 0) is 16.0 Å². The second kappa shape index (κ2) is 6.96. The molecule has 22 heavy (non-hydrogen) atoms. The Morgan fingerprint density at radius 1 is 1.36 bits per heavy atom. The highest BCUT2D eigenvalue weighted by molar-refractivity contribution is 6.38. The van der Waals surface area contributed by atoms with Crippen molar-refractivity contribution in [2.45, 2.75) is 13.3 Å². The van der Waals surface area contributed by atoms with Gasteiger partial charge in [-0.05, 0) is 31.0 Å². The highest BCUT2D eigenvalue weighted by atomic mass is 19.2. The van der Waals surface area contributed by atoms with Gasteiger partial charge in [0.05, 0.1) is 6.61 Å². The van der Waals surface area contributed by atoms with Gasteiger partial charge < -0.3 is 9.64 Å². The summed E-state index contributed by atoms with van der Waals surface area (Å²) in [6.45, 7) is 3.43. The third kappa shape index (κ3) is 3.32. The minimum atomic E-state index is -0.922. The van der Waals surface area contributed by atoms with Crippen molar-refractivity contribution in [3.63, 3.8) is 0 Å². The van der Waals surface area contributed by atoms with E-state index in [0.29, 0.717) is 25.3 Å². The molecule has 1 aromatic rings. The molecule has 0 radical (unpaired) electrons. The van der Waals surface area contributed by atoms with Crippen LogP contribution in [0.15, 0.2) is 18.2 Å². The molecule has 1 heterocycles. The van der Waals surface area contributed by atoms with E-state index in [2.05, 4.69) is 0 Å². The highest BCUT2D eigenvalue weighted by Crippen LogP contribution is 2.26. The van der Waals surface area contributed by atoms with E-state index in [4.69, 9.17) is 10.1 Å². The van der Waals surface area contributed by atoms with E-state index in [-0.39, 0.29) is 24.0 Å². The molecule has 0 amide bonds. The fourth-order valence-corrected chi connectivity index (χ4v) is 2.90. The van der Waals surface area contributed by atoms with E-state index in [1.807, 2.05) is 6.92 Å². The number of hydrogen-bond donors (Lipinski definition) is 1. The third-order valence-corrected chi connectivity index (χ3v) is 4.11. The van der Waals surface area contributed by atoms with E-state index >= 15 is 0 Å². The number of amidine groups is 1. The predicted octanol–water partition coefficient (Wildman–Crippen LogP) is 2.27. The minimum absolute atomic E-state index is 0.0116. The monoisotopic (exact) mass is 310 g/mol. The number of nitrogens with zero attached hydrogens (tertiary/aromatic N) is 1. The topological polar surface area (TPSA) is 53.4 Å². The first kappa shape index (κ1) is 16.5. The van der Waals surface area contributed by atoms with Gasteiger partial charge in [0.2, 0.25) is 5.78 Å². The summed E-state index contributed by atoms with van der Waals surface area (Å²) in [5.41, 5.74) is 0.552. The Morgan fingerprint density at radius 2 is 2.09 bits per heavy atom. The number of benzene rings is 1. The number of carbonyl (C=O) groups excluding carboxylic acids is 1. The summed E-state index contributed by atoms with van der Waals surface area (Å²) in [6.07, 6.45) is 0.282.